The molecule has 0 aromatic heterocycles. The molecular formula is C13H19BrFN. The van der Waals surface area contributed by atoms with Crippen LogP contribution in [-0.4, -0.2) is 18.0 Å². The van der Waals surface area contributed by atoms with Gasteiger partial charge in [0.2, 0.25) is 0 Å². The monoisotopic (exact) mass is 287 g/mol. The molecule has 16 heavy (non-hydrogen) atoms. The van der Waals surface area contributed by atoms with Crippen LogP contribution >= 0.6 is 15.9 Å². The number of rotatable bonds is 5. The smallest absolute Gasteiger partial charge is 0.137 e. The first kappa shape index (κ1) is 13.7. The van der Waals surface area contributed by atoms with Crippen molar-refractivity contribution in [1.29, 1.82) is 0 Å². The summed E-state index contributed by atoms with van der Waals surface area (Å²) in [7, 11) is 0. The molecule has 1 aromatic carbocycles. The van der Waals surface area contributed by atoms with Gasteiger partial charge in [-0.25, -0.2) is 4.39 Å². The maximum Gasteiger partial charge on any atom is 0.137 e. The summed E-state index contributed by atoms with van der Waals surface area (Å²) in [5.74, 6) is 0.458. The van der Waals surface area contributed by atoms with Gasteiger partial charge in [0.15, 0.2) is 0 Å². The van der Waals surface area contributed by atoms with Gasteiger partial charge in [0.05, 0.1) is 4.47 Å². The minimum atomic E-state index is -0.198. The van der Waals surface area contributed by atoms with Gasteiger partial charge < -0.3 is 0 Å². The minimum absolute atomic E-state index is 0.198. The van der Waals surface area contributed by atoms with Crippen LogP contribution in [0.1, 0.15) is 26.3 Å². The lowest BCUT2D eigenvalue weighted by atomic mass is 10.1. The Kier molecular flexibility index (Phi) is 5.42. The standard InChI is InChI=1S/C13H19BrFN/c1-4-16(8-10(2)3)9-11-5-6-13(15)12(14)7-11/h5-7,10H,4,8-9H2,1-3H3. The summed E-state index contributed by atoms with van der Waals surface area (Å²) in [6, 6.07) is 5.23. The highest BCUT2D eigenvalue weighted by Crippen LogP contribution is 2.18. The maximum absolute atomic E-state index is 13.1. The molecule has 0 saturated heterocycles. The van der Waals surface area contributed by atoms with Crippen molar-refractivity contribution in [3.8, 4) is 0 Å². The Balaban J connectivity index is 2.66. The minimum Gasteiger partial charge on any atom is -0.299 e. The molecule has 0 heterocycles. The fraction of sp³-hybridized carbons (Fsp3) is 0.538. The molecule has 1 aromatic rings. The Morgan fingerprint density at radius 1 is 1.38 bits per heavy atom. The molecule has 0 bridgehead atoms. The SMILES string of the molecule is CCN(Cc1ccc(F)c(Br)c1)CC(C)C. The van der Waals surface area contributed by atoms with E-state index in [0.29, 0.717) is 10.4 Å². The second-order valence-corrected chi connectivity index (χ2v) is 5.32. The van der Waals surface area contributed by atoms with Crippen LogP contribution in [0.4, 0.5) is 4.39 Å². The third kappa shape index (κ3) is 4.22. The second-order valence-electron chi connectivity index (χ2n) is 4.47. The second kappa shape index (κ2) is 6.36. The van der Waals surface area contributed by atoms with Crippen LogP contribution in [0.15, 0.2) is 22.7 Å². The highest BCUT2D eigenvalue weighted by atomic mass is 79.9. The van der Waals surface area contributed by atoms with Crippen molar-refractivity contribution in [1.82, 2.24) is 4.90 Å². The van der Waals surface area contributed by atoms with Gasteiger partial charge in [0, 0.05) is 13.1 Å². The average molecular weight is 288 g/mol. The molecule has 90 valence electrons. The maximum atomic E-state index is 13.1. The Morgan fingerprint density at radius 2 is 2.06 bits per heavy atom. The summed E-state index contributed by atoms with van der Waals surface area (Å²) in [4.78, 5) is 2.37. The average Bonchev–Trinajstić information content (AvgIpc) is 2.22. The van der Waals surface area contributed by atoms with E-state index in [9.17, 15) is 4.39 Å². The predicted molar refractivity (Wildman–Crippen MR) is 69.9 cm³/mol. The fourth-order valence-electron chi connectivity index (χ4n) is 1.72. The van der Waals surface area contributed by atoms with Gasteiger partial charge in [0.25, 0.3) is 0 Å². The summed E-state index contributed by atoms with van der Waals surface area (Å²) in [5.41, 5.74) is 1.15. The first-order valence-electron chi connectivity index (χ1n) is 5.69. The third-order valence-electron chi connectivity index (χ3n) is 2.46. The zero-order chi connectivity index (χ0) is 12.1. The van der Waals surface area contributed by atoms with Gasteiger partial charge in [0.1, 0.15) is 5.82 Å². The molecule has 0 saturated carbocycles. The Bertz CT molecular complexity index is 339. The molecule has 0 aliphatic rings. The molecule has 0 unspecified atom stereocenters. The van der Waals surface area contributed by atoms with E-state index in [2.05, 4.69) is 41.6 Å². The predicted octanol–water partition coefficient (Wildman–Crippen LogP) is 4.07. The van der Waals surface area contributed by atoms with E-state index >= 15 is 0 Å². The molecule has 0 fully saturated rings. The molecule has 0 amide bonds. The Labute approximate surface area is 106 Å². The van der Waals surface area contributed by atoms with Crippen LogP contribution in [-0.2, 0) is 6.54 Å². The topological polar surface area (TPSA) is 3.24 Å². The van der Waals surface area contributed by atoms with Crippen LogP contribution in [0.5, 0.6) is 0 Å². The molecule has 0 atom stereocenters. The molecule has 0 aliphatic heterocycles. The van der Waals surface area contributed by atoms with Gasteiger partial charge in [-0.15, -0.1) is 0 Å². The summed E-state index contributed by atoms with van der Waals surface area (Å²) < 4.78 is 13.6. The first-order chi connectivity index (χ1) is 7.52. The van der Waals surface area contributed by atoms with Gasteiger partial charge in [-0.2, -0.15) is 0 Å². The molecule has 0 N–H and O–H groups in total. The van der Waals surface area contributed by atoms with E-state index in [1.165, 1.54) is 6.07 Å². The fourth-order valence-corrected chi connectivity index (χ4v) is 2.14. The van der Waals surface area contributed by atoms with E-state index in [4.69, 9.17) is 0 Å². The third-order valence-corrected chi connectivity index (χ3v) is 3.07. The van der Waals surface area contributed by atoms with E-state index in [1.807, 2.05) is 12.1 Å². The number of hydrogen-bond donors (Lipinski definition) is 0. The van der Waals surface area contributed by atoms with Gasteiger partial charge in [-0.3, -0.25) is 4.90 Å². The van der Waals surface area contributed by atoms with Crippen molar-refractivity contribution in [2.24, 2.45) is 5.92 Å². The van der Waals surface area contributed by atoms with Gasteiger partial charge in [-0.05, 0) is 46.1 Å². The number of halogens is 2. The summed E-state index contributed by atoms with van der Waals surface area (Å²) in [6.07, 6.45) is 0. The van der Waals surface area contributed by atoms with Crippen LogP contribution in [0.2, 0.25) is 0 Å². The van der Waals surface area contributed by atoms with Crippen LogP contribution in [0, 0.1) is 11.7 Å². The normalized spacial score (nSPS) is 11.4. The summed E-state index contributed by atoms with van der Waals surface area (Å²) in [5, 5.41) is 0. The van der Waals surface area contributed by atoms with E-state index < -0.39 is 0 Å². The number of hydrogen-bond acceptors (Lipinski definition) is 1. The Morgan fingerprint density at radius 3 is 2.56 bits per heavy atom. The quantitative estimate of drug-likeness (QED) is 0.789. The lowest BCUT2D eigenvalue weighted by Gasteiger charge is -2.22. The lowest BCUT2D eigenvalue weighted by Crippen LogP contribution is -2.27. The zero-order valence-corrected chi connectivity index (χ0v) is 11.7. The van der Waals surface area contributed by atoms with E-state index in [0.717, 1.165) is 25.2 Å². The van der Waals surface area contributed by atoms with Crippen LogP contribution in [0.25, 0.3) is 0 Å². The zero-order valence-electron chi connectivity index (χ0n) is 10.1. The van der Waals surface area contributed by atoms with Crippen molar-refractivity contribution < 1.29 is 4.39 Å². The van der Waals surface area contributed by atoms with Crippen molar-refractivity contribution in [2.45, 2.75) is 27.3 Å². The van der Waals surface area contributed by atoms with Crippen LogP contribution in [0.3, 0.4) is 0 Å². The van der Waals surface area contributed by atoms with Crippen LogP contribution < -0.4 is 0 Å². The van der Waals surface area contributed by atoms with Crippen molar-refractivity contribution in [3.63, 3.8) is 0 Å². The van der Waals surface area contributed by atoms with Crippen molar-refractivity contribution >= 4 is 15.9 Å². The highest BCUT2D eigenvalue weighted by Gasteiger charge is 2.07. The molecule has 0 aliphatic carbocycles. The van der Waals surface area contributed by atoms with Gasteiger partial charge >= 0.3 is 0 Å². The van der Waals surface area contributed by atoms with Crippen molar-refractivity contribution in [3.05, 3.63) is 34.1 Å². The van der Waals surface area contributed by atoms with E-state index in [-0.39, 0.29) is 5.82 Å². The molecular weight excluding hydrogens is 269 g/mol. The molecule has 3 heteroatoms. The highest BCUT2D eigenvalue weighted by molar-refractivity contribution is 9.10. The number of benzene rings is 1. The molecule has 1 rings (SSSR count). The van der Waals surface area contributed by atoms with Gasteiger partial charge in [-0.1, -0.05) is 26.8 Å². The Hall–Kier alpha value is -0.410. The molecule has 0 radical (unpaired) electrons. The largest absolute Gasteiger partial charge is 0.299 e. The summed E-state index contributed by atoms with van der Waals surface area (Å²) in [6.45, 7) is 9.56. The first-order valence-corrected chi connectivity index (χ1v) is 6.48. The molecule has 0 spiro atoms. The molecule has 1 nitrogen and oxygen atoms in total. The lowest BCUT2D eigenvalue weighted by molar-refractivity contribution is 0.248. The van der Waals surface area contributed by atoms with E-state index in [1.54, 1.807) is 0 Å². The van der Waals surface area contributed by atoms with Crippen molar-refractivity contribution in [2.75, 3.05) is 13.1 Å². The number of nitrogens with zero attached hydrogens (tertiary/aromatic N) is 1. The summed E-state index contributed by atoms with van der Waals surface area (Å²) >= 11 is 3.22.